The largest absolute Gasteiger partial charge is 0.613 e. The van der Waals surface area contributed by atoms with Crippen LogP contribution in [0.25, 0.3) is 0 Å². The van der Waals surface area contributed by atoms with Crippen LogP contribution in [0.5, 0.6) is 0 Å². The van der Waals surface area contributed by atoms with Crippen LogP contribution in [0.2, 0.25) is 0 Å². The highest BCUT2D eigenvalue weighted by Crippen LogP contribution is 2.35. The van der Waals surface area contributed by atoms with E-state index in [-0.39, 0.29) is 24.2 Å². The molecule has 0 radical (unpaired) electrons. The van der Waals surface area contributed by atoms with Crippen LogP contribution in [0.1, 0.15) is 32.6 Å². The van der Waals surface area contributed by atoms with Crippen molar-refractivity contribution < 1.29 is 23.1 Å². The molecule has 0 fully saturated rings. The fourth-order valence-corrected chi connectivity index (χ4v) is 2.62. The molecule has 1 aliphatic rings. The summed E-state index contributed by atoms with van der Waals surface area (Å²) in [6.07, 6.45) is -1.49. The molecule has 0 aromatic heterocycles. The third kappa shape index (κ3) is 4.98. The quantitative estimate of drug-likeness (QED) is 0.415. The number of halogens is 3. The summed E-state index contributed by atoms with van der Waals surface area (Å²) in [5.41, 5.74) is 1.89. The molecule has 0 saturated carbocycles. The molecule has 5 nitrogen and oxygen atoms in total. The first-order chi connectivity index (χ1) is 9.83. The summed E-state index contributed by atoms with van der Waals surface area (Å²) < 4.78 is 38.4. The summed E-state index contributed by atoms with van der Waals surface area (Å²) in [5.74, 6) is 0. The predicted molar refractivity (Wildman–Crippen MR) is 72.0 cm³/mol. The summed E-state index contributed by atoms with van der Waals surface area (Å²) in [7, 11) is 1.49. The van der Waals surface area contributed by atoms with Crippen molar-refractivity contribution in [2.45, 2.75) is 50.9 Å². The molecule has 2 N–H and O–H groups in total. The molecule has 3 unspecified atom stereocenters. The lowest BCUT2D eigenvalue weighted by Crippen LogP contribution is -3.15. The van der Waals surface area contributed by atoms with Gasteiger partial charge in [0.25, 0.3) is 0 Å². The van der Waals surface area contributed by atoms with Crippen molar-refractivity contribution >= 4 is 6.41 Å². The number of carbonyl (C=O) groups excluding carboxylic acids is 1. The highest BCUT2D eigenvalue weighted by Gasteiger charge is 2.38. The van der Waals surface area contributed by atoms with Gasteiger partial charge in [0.2, 0.25) is 6.41 Å². The molecule has 1 rings (SSSR count). The van der Waals surface area contributed by atoms with Crippen LogP contribution in [-0.4, -0.2) is 43.2 Å². The van der Waals surface area contributed by atoms with E-state index in [0.29, 0.717) is 25.7 Å². The second-order valence-corrected chi connectivity index (χ2v) is 5.15. The SMILES string of the molecule is CCC(C[NH+]([O-])NC)N(C=O)C1CCC=C(C(F)(F)F)C1. The van der Waals surface area contributed by atoms with Crippen LogP contribution in [0, 0.1) is 5.21 Å². The van der Waals surface area contributed by atoms with Gasteiger partial charge in [-0.25, -0.2) is 0 Å². The van der Waals surface area contributed by atoms with E-state index < -0.39 is 17.8 Å². The van der Waals surface area contributed by atoms with Gasteiger partial charge in [0, 0.05) is 18.7 Å². The standard InChI is InChI=1S/C13H22F3N3O2/c1-3-11(8-19(21)17-2)18(9-20)12-6-4-5-10(7-12)13(14,15)16/h5,9,11-12,17,19H,3-4,6-8H2,1-2H3. The Hall–Kier alpha value is -1.12. The first-order valence-electron chi connectivity index (χ1n) is 7.03. The number of carbonyl (C=O) groups is 1. The van der Waals surface area contributed by atoms with Gasteiger partial charge < -0.3 is 10.1 Å². The molecule has 0 aromatic rings. The zero-order valence-corrected chi connectivity index (χ0v) is 12.2. The zero-order chi connectivity index (χ0) is 16.0. The minimum Gasteiger partial charge on any atom is -0.613 e. The lowest BCUT2D eigenvalue weighted by atomic mass is 9.92. The molecule has 3 atom stereocenters. The average Bonchev–Trinajstić information content (AvgIpc) is 2.46. The number of rotatable bonds is 7. The van der Waals surface area contributed by atoms with Crippen molar-refractivity contribution in [2.75, 3.05) is 13.6 Å². The van der Waals surface area contributed by atoms with Crippen LogP contribution in [0.4, 0.5) is 13.2 Å². The van der Waals surface area contributed by atoms with Crippen molar-refractivity contribution in [3.05, 3.63) is 16.9 Å². The van der Waals surface area contributed by atoms with Crippen LogP contribution >= 0.6 is 0 Å². The summed E-state index contributed by atoms with van der Waals surface area (Å²) >= 11 is 0. The summed E-state index contributed by atoms with van der Waals surface area (Å²) in [5, 5.41) is 11.2. The average molecular weight is 309 g/mol. The van der Waals surface area contributed by atoms with Gasteiger partial charge in [0.1, 0.15) is 6.54 Å². The second-order valence-electron chi connectivity index (χ2n) is 5.15. The fourth-order valence-electron chi connectivity index (χ4n) is 2.62. The first-order valence-corrected chi connectivity index (χ1v) is 7.03. The highest BCUT2D eigenvalue weighted by molar-refractivity contribution is 5.49. The number of hydrogen-bond acceptors (Lipinski definition) is 3. The summed E-state index contributed by atoms with van der Waals surface area (Å²) in [4.78, 5) is 12.7. The maximum atomic E-state index is 12.8. The van der Waals surface area contributed by atoms with Gasteiger partial charge in [-0.2, -0.15) is 18.6 Å². The highest BCUT2D eigenvalue weighted by atomic mass is 19.4. The fraction of sp³-hybridized carbons (Fsp3) is 0.769. The second kappa shape index (κ2) is 7.77. The molecule has 1 amide bonds. The Balaban J connectivity index is 2.80. The number of nitrogens with one attached hydrogen (secondary N) is 2. The number of amides is 1. The molecule has 8 heteroatoms. The number of quaternary nitrogens is 1. The third-order valence-corrected chi connectivity index (χ3v) is 3.85. The van der Waals surface area contributed by atoms with E-state index in [1.807, 2.05) is 6.92 Å². The van der Waals surface area contributed by atoms with Gasteiger partial charge in [-0.15, -0.1) is 0 Å². The Labute approximate surface area is 122 Å². The smallest absolute Gasteiger partial charge is 0.412 e. The number of hydroxylamine groups is 1. The molecule has 21 heavy (non-hydrogen) atoms. The number of alkyl halides is 3. The Morgan fingerprint density at radius 2 is 2.29 bits per heavy atom. The van der Waals surface area contributed by atoms with Crippen LogP contribution in [-0.2, 0) is 4.79 Å². The molecule has 0 aliphatic heterocycles. The van der Waals surface area contributed by atoms with Crippen molar-refractivity contribution in [3.8, 4) is 0 Å². The van der Waals surface area contributed by atoms with Gasteiger partial charge in [0.15, 0.2) is 0 Å². The van der Waals surface area contributed by atoms with E-state index in [9.17, 15) is 23.2 Å². The maximum Gasteiger partial charge on any atom is 0.412 e. The van der Waals surface area contributed by atoms with Crippen LogP contribution < -0.4 is 10.6 Å². The molecule has 1 aliphatic carbocycles. The first kappa shape index (κ1) is 17.9. The summed E-state index contributed by atoms with van der Waals surface area (Å²) in [6, 6.07) is -0.876. The van der Waals surface area contributed by atoms with E-state index >= 15 is 0 Å². The van der Waals surface area contributed by atoms with Gasteiger partial charge in [-0.05, 0) is 25.7 Å². The Bertz CT molecular complexity index is 374. The summed E-state index contributed by atoms with van der Waals surface area (Å²) in [6.45, 7) is 1.92. The zero-order valence-electron chi connectivity index (χ0n) is 12.2. The molecule has 0 saturated heterocycles. The van der Waals surface area contributed by atoms with Gasteiger partial charge in [-0.1, -0.05) is 13.0 Å². The molecule has 0 bridgehead atoms. The molecular weight excluding hydrogens is 287 g/mol. The predicted octanol–water partition coefficient (Wildman–Crippen LogP) is 0.782. The topological polar surface area (TPSA) is 59.8 Å². The normalized spacial score (nSPS) is 22.4. The number of nitrogens with zero attached hydrogens (tertiary/aromatic N) is 1. The van der Waals surface area contributed by atoms with Crippen molar-refractivity contribution in [2.24, 2.45) is 0 Å². The van der Waals surface area contributed by atoms with E-state index in [1.54, 1.807) is 0 Å². The third-order valence-electron chi connectivity index (χ3n) is 3.85. The van der Waals surface area contributed by atoms with Crippen molar-refractivity contribution in [3.63, 3.8) is 0 Å². The molecule has 0 heterocycles. The molecule has 0 spiro atoms. The van der Waals surface area contributed by atoms with E-state index in [1.165, 1.54) is 18.0 Å². The Kier molecular flexibility index (Phi) is 6.63. The minimum absolute atomic E-state index is 0.104. The minimum atomic E-state index is -4.35. The maximum absolute atomic E-state index is 12.8. The van der Waals surface area contributed by atoms with E-state index in [2.05, 4.69) is 5.43 Å². The monoisotopic (exact) mass is 309 g/mol. The van der Waals surface area contributed by atoms with Crippen LogP contribution in [0.15, 0.2) is 11.6 Å². The molecule has 0 aromatic carbocycles. The lowest BCUT2D eigenvalue weighted by molar-refractivity contribution is -0.895. The van der Waals surface area contributed by atoms with Crippen LogP contribution in [0.3, 0.4) is 0 Å². The van der Waals surface area contributed by atoms with Gasteiger partial charge in [0.05, 0.1) is 6.04 Å². The molecular formula is C13H22F3N3O2. The number of hydrogen-bond donors (Lipinski definition) is 2. The number of allylic oxidation sites excluding steroid dienone is 1. The Morgan fingerprint density at radius 3 is 2.76 bits per heavy atom. The van der Waals surface area contributed by atoms with E-state index in [4.69, 9.17) is 0 Å². The van der Waals surface area contributed by atoms with Crippen molar-refractivity contribution in [1.29, 1.82) is 0 Å². The van der Waals surface area contributed by atoms with Gasteiger partial charge >= 0.3 is 6.18 Å². The van der Waals surface area contributed by atoms with Crippen molar-refractivity contribution in [1.82, 2.24) is 10.3 Å². The van der Waals surface area contributed by atoms with E-state index in [0.717, 1.165) is 0 Å². The Morgan fingerprint density at radius 1 is 1.62 bits per heavy atom. The lowest BCUT2D eigenvalue weighted by Gasteiger charge is -2.38. The van der Waals surface area contributed by atoms with Gasteiger partial charge in [-0.3, -0.25) is 9.97 Å². The molecule has 122 valence electrons.